The van der Waals surface area contributed by atoms with Gasteiger partial charge in [-0.15, -0.1) is 0 Å². The van der Waals surface area contributed by atoms with Crippen LogP contribution in [0.25, 0.3) is 0 Å². The van der Waals surface area contributed by atoms with Gasteiger partial charge < -0.3 is 10.0 Å². The molecule has 2 aliphatic heterocycles. The molecule has 0 aromatic carbocycles. The van der Waals surface area contributed by atoms with Crippen molar-refractivity contribution < 1.29 is 14.3 Å². The number of halogens is 1. The number of aromatic nitrogens is 1. The lowest BCUT2D eigenvalue weighted by Gasteiger charge is -2.36. The fraction of sp³-hybridized carbons (Fsp3) is 0.538. The zero-order valence-corrected chi connectivity index (χ0v) is 10.4. The summed E-state index contributed by atoms with van der Waals surface area (Å²) in [6.45, 7) is 0. The molecule has 2 N–H and O–H groups in total. The summed E-state index contributed by atoms with van der Waals surface area (Å²) in [5, 5.41) is 12.4. The van der Waals surface area contributed by atoms with Crippen LogP contribution in [-0.4, -0.2) is 39.2 Å². The van der Waals surface area contributed by atoms with E-state index in [1.54, 1.807) is 4.90 Å². The maximum Gasteiger partial charge on any atom is 0.323 e. The Labute approximate surface area is 110 Å². The van der Waals surface area contributed by atoms with Crippen LogP contribution in [0.4, 0.5) is 15.0 Å². The van der Waals surface area contributed by atoms with E-state index in [2.05, 4.69) is 10.3 Å². The van der Waals surface area contributed by atoms with Crippen molar-refractivity contribution in [2.75, 3.05) is 5.32 Å². The zero-order valence-electron chi connectivity index (χ0n) is 10.4. The molecule has 2 bridgehead atoms. The summed E-state index contributed by atoms with van der Waals surface area (Å²) in [5.41, 5.74) is 0. The topological polar surface area (TPSA) is 65.5 Å². The predicted molar refractivity (Wildman–Crippen MR) is 67.1 cm³/mol. The van der Waals surface area contributed by atoms with Crippen molar-refractivity contribution in [3.63, 3.8) is 0 Å². The summed E-state index contributed by atoms with van der Waals surface area (Å²) in [5.74, 6) is -0.0870. The molecule has 19 heavy (non-hydrogen) atoms. The van der Waals surface area contributed by atoms with Gasteiger partial charge in [-0.05, 0) is 37.8 Å². The quantitative estimate of drug-likeness (QED) is 0.813. The van der Waals surface area contributed by atoms with Gasteiger partial charge in [0.2, 0.25) is 0 Å². The van der Waals surface area contributed by atoms with Crippen molar-refractivity contribution >= 4 is 11.8 Å². The minimum absolute atomic E-state index is 0.106. The molecule has 6 heteroatoms. The van der Waals surface area contributed by atoms with Gasteiger partial charge >= 0.3 is 6.03 Å². The number of aliphatic hydroxyl groups excluding tert-OH is 1. The molecule has 0 saturated carbocycles. The molecule has 102 valence electrons. The van der Waals surface area contributed by atoms with Crippen LogP contribution in [0.5, 0.6) is 0 Å². The Bertz CT molecular complexity index is 465. The second-order valence-electron chi connectivity index (χ2n) is 5.21. The largest absolute Gasteiger partial charge is 0.393 e. The van der Waals surface area contributed by atoms with E-state index in [4.69, 9.17) is 0 Å². The number of urea groups is 1. The van der Waals surface area contributed by atoms with Crippen LogP contribution in [0.1, 0.15) is 25.7 Å². The first-order chi connectivity index (χ1) is 9.13. The Hall–Kier alpha value is -1.69. The maximum absolute atomic E-state index is 12.7. The van der Waals surface area contributed by atoms with Crippen LogP contribution >= 0.6 is 0 Å². The number of carbonyl (C=O) groups excluding carboxylic acids is 1. The van der Waals surface area contributed by atoms with Crippen molar-refractivity contribution in [1.82, 2.24) is 9.88 Å². The summed E-state index contributed by atoms with van der Waals surface area (Å²) >= 11 is 0. The molecular formula is C13H16FN3O2. The number of nitrogens with one attached hydrogen (secondary N) is 1. The molecule has 1 aromatic heterocycles. The van der Waals surface area contributed by atoms with Gasteiger partial charge in [-0.2, -0.15) is 0 Å². The van der Waals surface area contributed by atoms with Crippen molar-refractivity contribution in [3.8, 4) is 0 Å². The number of piperidine rings is 1. The molecule has 2 atom stereocenters. The Morgan fingerprint density at radius 3 is 2.63 bits per heavy atom. The molecule has 2 fully saturated rings. The van der Waals surface area contributed by atoms with Crippen LogP contribution < -0.4 is 5.32 Å². The second-order valence-corrected chi connectivity index (χ2v) is 5.21. The molecule has 5 nitrogen and oxygen atoms in total. The molecule has 2 saturated heterocycles. The first-order valence-electron chi connectivity index (χ1n) is 6.52. The summed E-state index contributed by atoms with van der Waals surface area (Å²) in [6.07, 6.45) is 3.93. The Balaban J connectivity index is 1.69. The molecule has 2 aliphatic rings. The van der Waals surface area contributed by atoms with Gasteiger partial charge in [0.25, 0.3) is 0 Å². The van der Waals surface area contributed by atoms with Crippen LogP contribution in [0.15, 0.2) is 18.3 Å². The number of fused-ring (bicyclic) bond motifs is 2. The Kier molecular flexibility index (Phi) is 3.10. The fourth-order valence-electron chi connectivity index (χ4n) is 3.10. The summed E-state index contributed by atoms with van der Waals surface area (Å²) < 4.78 is 12.7. The van der Waals surface area contributed by atoms with E-state index in [1.165, 1.54) is 12.1 Å². The number of hydrogen-bond acceptors (Lipinski definition) is 3. The third-order valence-corrected chi connectivity index (χ3v) is 3.91. The van der Waals surface area contributed by atoms with Gasteiger partial charge in [-0.1, -0.05) is 0 Å². The van der Waals surface area contributed by atoms with E-state index in [1.807, 2.05) is 0 Å². The number of carbonyl (C=O) groups is 1. The van der Waals surface area contributed by atoms with Gasteiger partial charge in [0.05, 0.1) is 12.3 Å². The van der Waals surface area contributed by atoms with Gasteiger partial charge in [0, 0.05) is 12.1 Å². The van der Waals surface area contributed by atoms with Crippen molar-refractivity contribution in [2.24, 2.45) is 0 Å². The highest BCUT2D eigenvalue weighted by Crippen LogP contribution is 2.35. The van der Waals surface area contributed by atoms with Crippen molar-refractivity contribution in [1.29, 1.82) is 0 Å². The molecule has 0 unspecified atom stereocenters. The predicted octanol–water partition coefficient (Wildman–Crippen LogP) is 1.74. The molecule has 1 aromatic rings. The Morgan fingerprint density at radius 2 is 2.05 bits per heavy atom. The highest BCUT2D eigenvalue weighted by molar-refractivity contribution is 5.89. The van der Waals surface area contributed by atoms with Crippen LogP contribution in [0, 0.1) is 5.82 Å². The SMILES string of the molecule is O=C(Nc1ccc(F)cn1)N1[C@H]2CC[C@H]1CC(O)C2. The third-order valence-electron chi connectivity index (χ3n) is 3.91. The minimum Gasteiger partial charge on any atom is -0.393 e. The lowest BCUT2D eigenvalue weighted by Crippen LogP contribution is -2.49. The van der Waals surface area contributed by atoms with E-state index in [9.17, 15) is 14.3 Å². The second kappa shape index (κ2) is 4.77. The average Bonchev–Trinajstić information content (AvgIpc) is 2.65. The zero-order chi connectivity index (χ0) is 13.4. The van der Waals surface area contributed by atoms with Crippen molar-refractivity contribution in [3.05, 3.63) is 24.1 Å². The average molecular weight is 265 g/mol. The van der Waals surface area contributed by atoms with Gasteiger partial charge in [0.1, 0.15) is 11.6 Å². The smallest absolute Gasteiger partial charge is 0.323 e. The van der Waals surface area contributed by atoms with Crippen LogP contribution in [0.2, 0.25) is 0 Å². The number of hydrogen-bond donors (Lipinski definition) is 2. The lowest BCUT2D eigenvalue weighted by atomic mass is 10.0. The highest BCUT2D eigenvalue weighted by atomic mass is 19.1. The lowest BCUT2D eigenvalue weighted by molar-refractivity contribution is 0.0580. The van der Waals surface area contributed by atoms with Crippen LogP contribution in [0.3, 0.4) is 0 Å². The molecule has 3 rings (SSSR count). The third kappa shape index (κ3) is 2.40. The molecular weight excluding hydrogens is 249 g/mol. The summed E-state index contributed by atoms with van der Waals surface area (Å²) in [6, 6.07) is 2.70. The van der Waals surface area contributed by atoms with E-state index in [0.717, 1.165) is 19.0 Å². The highest BCUT2D eigenvalue weighted by Gasteiger charge is 2.42. The maximum atomic E-state index is 12.7. The number of amides is 2. The number of nitrogens with zero attached hydrogens (tertiary/aromatic N) is 2. The summed E-state index contributed by atoms with van der Waals surface area (Å²) in [4.78, 5) is 17.8. The molecule has 3 heterocycles. The van der Waals surface area contributed by atoms with Gasteiger partial charge in [-0.3, -0.25) is 5.32 Å². The van der Waals surface area contributed by atoms with Crippen LogP contribution in [-0.2, 0) is 0 Å². The fourth-order valence-corrected chi connectivity index (χ4v) is 3.10. The number of anilines is 1. The van der Waals surface area contributed by atoms with Crippen molar-refractivity contribution in [2.45, 2.75) is 43.9 Å². The number of aliphatic hydroxyl groups is 1. The van der Waals surface area contributed by atoms with Gasteiger partial charge in [0.15, 0.2) is 0 Å². The standard InChI is InChI=1S/C13H16FN3O2/c14-8-1-4-12(15-7-8)16-13(19)17-9-2-3-10(17)6-11(18)5-9/h1,4,7,9-11,18H,2-3,5-6H2,(H,15,16,19)/t9-,10-/m0/s1. The van der Waals surface area contributed by atoms with E-state index in [0.29, 0.717) is 18.7 Å². The summed E-state index contributed by atoms with van der Waals surface area (Å²) in [7, 11) is 0. The minimum atomic E-state index is -0.431. The molecule has 0 spiro atoms. The first kappa shape index (κ1) is 12.3. The molecule has 2 amide bonds. The molecule has 0 radical (unpaired) electrons. The van der Waals surface area contributed by atoms with E-state index < -0.39 is 5.82 Å². The van der Waals surface area contributed by atoms with E-state index >= 15 is 0 Å². The monoisotopic (exact) mass is 265 g/mol. The number of pyridine rings is 1. The Morgan fingerprint density at radius 1 is 1.37 bits per heavy atom. The van der Waals surface area contributed by atoms with Gasteiger partial charge in [-0.25, -0.2) is 14.2 Å². The molecule has 0 aliphatic carbocycles. The normalized spacial score (nSPS) is 29.4. The first-order valence-corrected chi connectivity index (χ1v) is 6.52. The van der Waals surface area contributed by atoms with E-state index in [-0.39, 0.29) is 24.2 Å². The number of rotatable bonds is 1.